The molecule has 0 unspecified atom stereocenters. The van der Waals surface area contributed by atoms with Crippen molar-refractivity contribution >= 4 is 10.0 Å². The summed E-state index contributed by atoms with van der Waals surface area (Å²) in [6, 6.07) is 4.95. The van der Waals surface area contributed by atoms with Crippen LogP contribution in [0, 0.1) is 5.41 Å². The van der Waals surface area contributed by atoms with Gasteiger partial charge in [-0.05, 0) is 37.6 Å². The first-order valence-corrected chi connectivity index (χ1v) is 8.58. The normalized spacial score (nSPS) is 12.4. The Morgan fingerprint density at radius 2 is 1.90 bits per heavy atom. The van der Waals surface area contributed by atoms with Crippen LogP contribution in [0.5, 0.6) is 5.75 Å². The zero-order valence-electron chi connectivity index (χ0n) is 13.5. The summed E-state index contributed by atoms with van der Waals surface area (Å²) in [5, 5.41) is 3.02. The topological polar surface area (TPSA) is 67.4 Å². The van der Waals surface area contributed by atoms with E-state index in [1.54, 1.807) is 18.2 Å². The number of sulfonamides is 1. The van der Waals surface area contributed by atoms with E-state index in [2.05, 4.69) is 10.0 Å². The molecule has 2 N–H and O–H groups in total. The third-order valence-corrected chi connectivity index (χ3v) is 4.20. The van der Waals surface area contributed by atoms with Crippen LogP contribution in [0.2, 0.25) is 0 Å². The molecule has 0 fully saturated rings. The lowest BCUT2D eigenvalue weighted by atomic mass is 9.98. The van der Waals surface area contributed by atoms with Gasteiger partial charge in [-0.25, -0.2) is 13.1 Å². The highest BCUT2D eigenvalue weighted by atomic mass is 32.2. The summed E-state index contributed by atoms with van der Waals surface area (Å²) in [6.07, 6.45) is 0. The van der Waals surface area contributed by atoms with Crippen molar-refractivity contribution in [2.75, 3.05) is 20.2 Å². The van der Waals surface area contributed by atoms with Crippen molar-refractivity contribution in [3.8, 4) is 5.75 Å². The number of ether oxygens (including phenoxy) is 1. The number of rotatable bonds is 7. The quantitative estimate of drug-likeness (QED) is 0.809. The summed E-state index contributed by atoms with van der Waals surface area (Å²) in [4.78, 5) is 0.264. The number of benzene rings is 1. The molecule has 0 spiro atoms. The molecule has 0 aliphatic heterocycles. The monoisotopic (exact) mass is 314 g/mol. The molecular formula is C15H26N2O3S. The van der Waals surface area contributed by atoms with Gasteiger partial charge in [0, 0.05) is 18.7 Å². The van der Waals surface area contributed by atoms with E-state index in [1.165, 1.54) is 0 Å². The van der Waals surface area contributed by atoms with E-state index >= 15 is 0 Å². The Morgan fingerprint density at radius 3 is 2.43 bits per heavy atom. The molecule has 0 atom stereocenters. The average Bonchev–Trinajstić information content (AvgIpc) is 2.38. The Kier molecular flexibility index (Phi) is 6.19. The lowest BCUT2D eigenvalue weighted by Crippen LogP contribution is -2.32. The van der Waals surface area contributed by atoms with E-state index in [1.807, 2.05) is 34.7 Å². The first-order chi connectivity index (χ1) is 9.69. The summed E-state index contributed by atoms with van der Waals surface area (Å²) in [7, 11) is -1.69. The van der Waals surface area contributed by atoms with Crippen molar-refractivity contribution in [3.05, 3.63) is 23.8 Å². The lowest BCUT2D eigenvalue weighted by Gasteiger charge is -2.19. The average molecular weight is 314 g/mol. The van der Waals surface area contributed by atoms with Gasteiger partial charge in [0.05, 0.1) is 11.5 Å². The molecule has 5 nitrogen and oxygen atoms in total. The number of hydrogen-bond acceptors (Lipinski definition) is 4. The fraction of sp³-hybridized carbons (Fsp3) is 0.600. The van der Waals surface area contributed by atoms with Crippen LogP contribution >= 0.6 is 0 Å². The Morgan fingerprint density at radius 1 is 1.24 bits per heavy atom. The maximum atomic E-state index is 12.3. The van der Waals surface area contributed by atoms with Crippen LogP contribution in [-0.4, -0.2) is 28.6 Å². The Balaban J connectivity index is 3.04. The van der Waals surface area contributed by atoms with Crippen LogP contribution in [0.25, 0.3) is 0 Å². The summed E-state index contributed by atoms with van der Waals surface area (Å²) >= 11 is 0. The molecule has 1 aromatic rings. The van der Waals surface area contributed by atoms with E-state index in [0.29, 0.717) is 25.4 Å². The molecule has 0 saturated carbocycles. The minimum absolute atomic E-state index is 0.105. The SMILES string of the molecule is CCOc1ccc(S(=O)(=O)NCC(C)(C)C)cc1CNC. The molecule has 120 valence electrons. The zero-order valence-corrected chi connectivity index (χ0v) is 14.3. The number of nitrogens with one attached hydrogen (secondary N) is 2. The van der Waals surface area contributed by atoms with Gasteiger partial charge in [-0.1, -0.05) is 20.8 Å². The first-order valence-electron chi connectivity index (χ1n) is 7.09. The van der Waals surface area contributed by atoms with Crippen LogP contribution in [0.3, 0.4) is 0 Å². The molecule has 0 aliphatic rings. The van der Waals surface area contributed by atoms with Crippen molar-refractivity contribution in [1.82, 2.24) is 10.0 Å². The van der Waals surface area contributed by atoms with Gasteiger partial charge in [0.2, 0.25) is 10.0 Å². The van der Waals surface area contributed by atoms with E-state index in [9.17, 15) is 8.42 Å². The smallest absolute Gasteiger partial charge is 0.240 e. The zero-order chi connectivity index (χ0) is 16.1. The summed E-state index contributed by atoms with van der Waals surface area (Å²) in [5.74, 6) is 0.710. The largest absolute Gasteiger partial charge is 0.494 e. The fourth-order valence-electron chi connectivity index (χ4n) is 1.74. The molecule has 6 heteroatoms. The Labute approximate surface area is 128 Å². The standard InChI is InChI=1S/C15H26N2O3S/c1-6-20-14-8-7-13(9-12(14)10-16-5)21(18,19)17-11-15(2,3)4/h7-9,16-17H,6,10-11H2,1-5H3. The molecule has 0 saturated heterocycles. The van der Waals surface area contributed by atoms with Gasteiger partial charge in [-0.3, -0.25) is 0 Å². The second kappa shape index (κ2) is 7.24. The third-order valence-electron chi connectivity index (χ3n) is 2.80. The Hall–Kier alpha value is -1.11. The van der Waals surface area contributed by atoms with Crippen molar-refractivity contribution in [2.45, 2.75) is 39.1 Å². The molecule has 0 bridgehead atoms. The fourth-order valence-corrected chi connectivity index (χ4v) is 3.08. The van der Waals surface area contributed by atoms with Crippen molar-refractivity contribution in [2.24, 2.45) is 5.41 Å². The molecule has 0 heterocycles. The van der Waals surface area contributed by atoms with Gasteiger partial charge >= 0.3 is 0 Å². The van der Waals surface area contributed by atoms with Crippen molar-refractivity contribution in [1.29, 1.82) is 0 Å². The third kappa shape index (κ3) is 5.65. The summed E-state index contributed by atoms with van der Waals surface area (Å²) in [6.45, 7) is 9.35. The summed E-state index contributed by atoms with van der Waals surface area (Å²) in [5.41, 5.74) is 0.726. The first kappa shape index (κ1) is 17.9. The lowest BCUT2D eigenvalue weighted by molar-refractivity contribution is 0.335. The molecule has 21 heavy (non-hydrogen) atoms. The molecule has 0 aliphatic carbocycles. The van der Waals surface area contributed by atoms with Gasteiger partial charge in [-0.2, -0.15) is 0 Å². The second-order valence-electron chi connectivity index (χ2n) is 6.12. The molecule has 0 amide bonds. The van der Waals surface area contributed by atoms with Crippen molar-refractivity contribution < 1.29 is 13.2 Å². The predicted octanol–water partition coefficient (Wildman–Crippen LogP) is 2.13. The van der Waals surface area contributed by atoms with Gasteiger partial charge in [0.1, 0.15) is 5.75 Å². The molecule has 0 aromatic heterocycles. The maximum absolute atomic E-state index is 12.3. The van der Waals surface area contributed by atoms with Crippen LogP contribution in [0.4, 0.5) is 0 Å². The minimum Gasteiger partial charge on any atom is -0.494 e. The highest BCUT2D eigenvalue weighted by Crippen LogP contribution is 2.23. The van der Waals surface area contributed by atoms with E-state index in [0.717, 1.165) is 5.56 Å². The minimum atomic E-state index is -3.50. The van der Waals surface area contributed by atoms with E-state index in [4.69, 9.17) is 4.74 Å². The Bertz CT molecular complexity index is 563. The molecule has 1 rings (SSSR count). The number of hydrogen-bond donors (Lipinski definition) is 2. The van der Waals surface area contributed by atoms with Crippen LogP contribution < -0.4 is 14.8 Å². The van der Waals surface area contributed by atoms with Gasteiger partial charge < -0.3 is 10.1 Å². The molecule has 1 aromatic carbocycles. The van der Waals surface area contributed by atoms with E-state index in [-0.39, 0.29) is 10.3 Å². The highest BCUT2D eigenvalue weighted by Gasteiger charge is 2.19. The van der Waals surface area contributed by atoms with Gasteiger partial charge in [-0.15, -0.1) is 0 Å². The van der Waals surface area contributed by atoms with Crippen molar-refractivity contribution in [3.63, 3.8) is 0 Å². The summed E-state index contributed by atoms with van der Waals surface area (Å²) < 4.78 is 32.8. The van der Waals surface area contributed by atoms with Crippen LogP contribution in [-0.2, 0) is 16.6 Å². The van der Waals surface area contributed by atoms with E-state index < -0.39 is 10.0 Å². The maximum Gasteiger partial charge on any atom is 0.240 e. The molecular weight excluding hydrogens is 288 g/mol. The predicted molar refractivity (Wildman–Crippen MR) is 85.0 cm³/mol. The van der Waals surface area contributed by atoms with Gasteiger partial charge in [0.15, 0.2) is 0 Å². The highest BCUT2D eigenvalue weighted by molar-refractivity contribution is 7.89. The molecule has 0 radical (unpaired) electrons. The van der Waals surface area contributed by atoms with Crippen LogP contribution in [0.15, 0.2) is 23.1 Å². The van der Waals surface area contributed by atoms with Crippen LogP contribution in [0.1, 0.15) is 33.3 Å². The van der Waals surface area contributed by atoms with Gasteiger partial charge in [0.25, 0.3) is 0 Å². The second-order valence-corrected chi connectivity index (χ2v) is 7.89.